The minimum Gasteiger partial charge on any atom is -0.460 e. The van der Waals surface area contributed by atoms with Crippen molar-refractivity contribution in [3.8, 4) is 0 Å². The van der Waals surface area contributed by atoms with Crippen molar-refractivity contribution in [1.29, 1.82) is 0 Å². The Morgan fingerprint density at radius 2 is 2.04 bits per heavy atom. The smallest absolute Gasteiger partial charge is 0.313 e. The first-order valence-electron chi connectivity index (χ1n) is 8.53. The summed E-state index contributed by atoms with van der Waals surface area (Å²) >= 11 is 0. The number of carbonyl (C=O) groups excluding carboxylic acids is 3. The summed E-state index contributed by atoms with van der Waals surface area (Å²) in [5, 5.41) is 0. The Kier molecular flexibility index (Phi) is 3.66. The van der Waals surface area contributed by atoms with Gasteiger partial charge in [0.05, 0.1) is 24.6 Å². The zero-order valence-corrected chi connectivity index (χ0v) is 14.4. The van der Waals surface area contributed by atoms with Crippen LogP contribution in [0, 0.1) is 11.8 Å². The average molecular weight is 356 g/mol. The van der Waals surface area contributed by atoms with Crippen LogP contribution in [0.1, 0.15) is 12.5 Å². The standard InChI is InChI=1S/C19H20N2O5/c1-18-7-8-19(26-18)11-21(9-13(20)22)16(23)14(19)15(18)17(24)25-10-12-5-3-2-4-6-12/h2-8,14-15H,9-11H2,1H3,(H2,20,22)/t14-,15+,18+,19+/m0/s1. The SMILES string of the molecule is C[C@@]12C=C[C@]3(CN(CC(N)=O)C(=O)[C@@H]3[C@@H]1C(=O)OCc1ccccc1)O2. The lowest BCUT2D eigenvalue weighted by Crippen LogP contribution is -2.44. The number of primary amides is 1. The molecule has 2 fully saturated rings. The minimum absolute atomic E-state index is 0.134. The van der Waals surface area contributed by atoms with Crippen molar-refractivity contribution in [3.63, 3.8) is 0 Å². The van der Waals surface area contributed by atoms with E-state index in [2.05, 4.69) is 0 Å². The minimum atomic E-state index is -0.891. The van der Waals surface area contributed by atoms with Crippen LogP contribution in [0.15, 0.2) is 42.5 Å². The van der Waals surface area contributed by atoms with Crippen LogP contribution in [0.25, 0.3) is 0 Å². The van der Waals surface area contributed by atoms with E-state index in [1.807, 2.05) is 42.5 Å². The first kappa shape index (κ1) is 16.8. The van der Waals surface area contributed by atoms with E-state index in [1.54, 1.807) is 6.92 Å². The Hall–Kier alpha value is -2.67. The van der Waals surface area contributed by atoms with Gasteiger partial charge >= 0.3 is 5.97 Å². The first-order valence-corrected chi connectivity index (χ1v) is 8.53. The summed E-state index contributed by atoms with van der Waals surface area (Å²) in [6.45, 7) is 1.95. The van der Waals surface area contributed by atoms with Crippen LogP contribution in [0.3, 0.4) is 0 Å². The molecule has 0 aromatic heterocycles. The molecule has 0 unspecified atom stereocenters. The third kappa shape index (κ3) is 2.42. The number of carbonyl (C=O) groups is 3. The number of rotatable bonds is 5. The maximum Gasteiger partial charge on any atom is 0.313 e. The van der Waals surface area contributed by atoms with Crippen LogP contribution in [-0.2, 0) is 30.5 Å². The predicted molar refractivity (Wildman–Crippen MR) is 90.4 cm³/mol. The van der Waals surface area contributed by atoms with Gasteiger partial charge < -0.3 is 20.1 Å². The van der Waals surface area contributed by atoms with Gasteiger partial charge in [0.25, 0.3) is 0 Å². The monoisotopic (exact) mass is 356 g/mol. The van der Waals surface area contributed by atoms with E-state index >= 15 is 0 Å². The van der Waals surface area contributed by atoms with E-state index in [1.165, 1.54) is 4.90 Å². The molecule has 7 heteroatoms. The summed E-state index contributed by atoms with van der Waals surface area (Å²) in [4.78, 5) is 38.3. The Balaban J connectivity index is 1.56. The molecule has 0 saturated carbocycles. The van der Waals surface area contributed by atoms with Crippen molar-refractivity contribution >= 4 is 17.8 Å². The van der Waals surface area contributed by atoms with E-state index in [-0.39, 0.29) is 25.6 Å². The molecule has 136 valence electrons. The third-order valence-corrected chi connectivity index (χ3v) is 5.42. The number of esters is 1. The van der Waals surface area contributed by atoms with Crippen molar-refractivity contribution < 1.29 is 23.9 Å². The van der Waals surface area contributed by atoms with Gasteiger partial charge in [-0.3, -0.25) is 14.4 Å². The van der Waals surface area contributed by atoms with Crippen molar-refractivity contribution in [2.75, 3.05) is 13.1 Å². The fourth-order valence-corrected chi connectivity index (χ4v) is 4.35. The van der Waals surface area contributed by atoms with Gasteiger partial charge in [-0.1, -0.05) is 42.5 Å². The second kappa shape index (κ2) is 5.67. The largest absolute Gasteiger partial charge is 0.460 e. The summed E-state index contributed by atoms with van der Waals surface area (Å²) in [7, 11) is 0. The third-order valence-electron chi connectivity index (χ3n) is 5.42. The normalized spacial score (nSPS) is 34.2. The van der Waals surface area contributed by atoms with Crippen LogP contribution in [0.4, 0.5) is 0 Å². The molecule has 2 saturated heterocycles. The number of ether oxygens (including phenoxy) is 2. The number of likely N-dealkylation sites (tertiary alicyclic amines) is 1. The van der Waals surface area contributed by atoms with E-state index < -0.39 is 34.9 Å². The molecule has 26 heavy (non-hydrogen) atoms. The van der Waals surface area contributed by atoms with E-state index in [4.69, 9.17) is 15.2 Å². The highest BCUT2D eigenvalue weighted by molar-refractivity contribution is 5.94. The quantitative estimate of drug-likeness (QED) is 0.608. The lowest BCUT2D eigenvalue weighted by molar-refractivity contribution is -0.158. The molecule has 3 aliphatic rings. The van der Waals surface area contributed by atoms with Crippen molar-refractivity contribution in [2.24, 2.45) is 17.6 Å². The summed E-state index contributed by atoms with van der Waals surface area (Å²) in [5.74, 6) is -2.80. The highest BCUT2D eigenvalue weighted by Gasteiger charge is 2.71. The Morgan fingerprint density at radius 1 is 1.31 bits per heavy atom. The zero-order valence-electron chi connectivity index (χ0n) is 14.4. The van der Waals surface area contributed by atoms with Gasteiger partial charge in [0.15, 0.2) is 0 Å². The van der Waals surface area contributed by atoms with Gasteiger partial charge in [0, 0.05) is 0 Å². The summed E-state index contributed by atoms with van der Waals surface area (Å²) in [6.07, 6.45) is 3.65. The average Bonchev–Trinajstić information content (AvgIpc) is 3.16. The molecule has 2 bridgehead atoms. The van der Waals surface area contributed by atoms with Crippen LogP contribution < -0.4 is 5.73 Å². The number of nitrogens with zero attached hydrogens (tertiary/aromatic N) is 1. The van der Waals surface area contributed by atoms with Gasteiger partial charge in [0.1, 0.15) is 18.1 Å². The molecule has 2 N–H and O–H groups in total. The second-order valence-electron chi connectivity index (χ2n) is 7.28. The topological polar surface area (TPSA) is 98.9 Å². The van der Waals surface area contributed by atoms with Crippen molar-refractivity contribution in [1.82, 2.24) is 4.90 Å². The second-order valence-corrected chi connectivity index (χ2v) is 7.28. The van der Waals surface area contributed by atoms with Crippen molar-refractivity contribution in [3.05, 3.63) is 48.0 Å². The van der Waals surface area contributed by atoms with E-state index in [0.29, 0.717) is 0 Å². The Bertz CT molecular complexity index is 807. The van der Waals surface area contributed by atoms with Gasteiger partial charge in [-0.05, 0) is 12.5 Å². The molecule has 1 spiro atoms. The highest BCUT2D eigenvalue weighted by atomic mass is 16.6. The van der Waals surface area contributed by atoms with E-state index in [0.717, 1.165) is 5.56 Å². The van der Waals surface area contributed by atoms with Crippen LogP contribution >= 0.6 is 0 Å². The fourth-order valence-electron chi connectivity index (χ4n) is 4.35. The number of hydrogen-bond donors (Lipinski definition) is 1. The lowest BCUT2D eigenvalue weighted by atomic mass is 9.72. The number of amides is 2. The van der Waals surface area contributed by atoms with Crippen LogP contribution in [0.2, 0.25) is 0 Å². The molecular formula is C19H20N2O5. The molecule has 4 atom stereocenters. The summed E-state index contributed by atoms with van der Waals surface area (Å²) in [5.41, 5.74) is 4.32. The molecular weight excluding hydrogens is 336 g/mol. The number of benzene rings is 1. The molecule has 0 aliphatic carbocycles. The van der Waals surface area contributed by atoms with Crippen molar-refractivity contribution in [2.45, 2.75) is 24.7 Å². The molecule has 3 aliphatic heterocycles. The summed E-state index contributed by atoms with van der Waals surface area (Å²) in [6, 6.07) is 9.34. The molecule has 4 rings (SSSR count). The number of fused-ring (bicyclic) bond motifs is 1. The molecule has 7 nitrogen and oxygen atoms in total. The molecule has 1 aromatic rings. The Labute approximate surface area is 150 Å². The molecule has 0 radical (unpaired) electrons. The van der Waals surface area contributed by atoms with Gasteiger partial charge in [0.2, 0.25) is 11.8 Å². The zero-order chi connectivity index (χ0) is 18.5. The maximum absolute atomic E-state index is 12.8. The van der Waals surface area contributed by atoms with Gasteiger partial charge in [-0.25, -0.2) is 0 Å². The van der Waals surface area contributed by atoms with E-state index in [9.17, 15) is 14.4 Å². The Morgan fingerprint density at radius 3 is 2.73 bits per heavy atom. The maximum atomic E-state index is 12.8. The van der Waals surface area contributed by atoms with Crippen LogP contribution in [-0.4, -0.2) is 47.0 Å². The van der Waals surface area contributed by atoms with Crippen LogP contribution in [0.5, 0.6) is 0 Å². The van der Waals surface area contributed by atoms with Gasteiger partial charge in [-0.15, -0.1) is 0 Å². The highest BCUT2D eigenvalue weighted by Crippen LogP contribution is 2.57. The number of nitrogens with two attached hydrogens (primary N) is 1. The van der Waals surface area contributed by atoms with Gasteiger partial charge in [-0.2, -0.15) is 0 Å². The molecule has 1 aromatic carbocycles. The fraction of sp³-hybridized carbons (Fsp3) is 0.421. The first-order chi connectivity index (χ1) is 12.3. The molecule has 2 amide bonds. The molecule has 3 heterocycles. The number of hydrogen-bond acceptors (Lipinski definition) is 5. The lowest BCUT2D eigenvalue weighted by Gasteiger charge is -2.28. The summed E-state index contributed by atoms with van der Waals surface area (Å²) < 4.78 is 11.6. The predicted octanol–water partition coefficient (Wildman–Crippen LogP) is 0.387.